The van der Waals surface area contributed by atoms with Gasteiger partial charge in [0.2, 0.25) is 5.91 Å². The minimum absolute atomic E-state index is 0.135. The van der Waals surface area contributed by atoms with Gasteiger partial charge in [0.15, 0.2) is 12.7 Å². The highest BCUT2D eigenvalue weighted by Gasteiger charge is 2.28. The van der Waals surface area contributed by atoms with Gasteiger partial charge in [0.1, 0.15) is 12.3 Å². The van der Waals surface area contributed by atoms with Crippen LogP contribution in [0.15, 0.2) is 48.5 Å². The number of carbonyl (C=O) groups excluding carboxylic acids is 3. The Hall–Kier alpha value is -3.06. The van der Waals surface area contributed by atoms with Crippen molar-refractivity contribution in [2.75, 3.05) is 23.4 Å². The van der Waals surface area contributed by atoms with Crippen LogP contribution in [-0.2, 0) is 19.1 Å². The van der Waals surface area contributed by atoms with Gasteiger partial charge in [-0.15, -0.1) is 0 Å². The number of hydrogen-bond donors (Lipinski definition) is 1. The quantitative estimate of drug-likeness (QED) is 0.796. The van der Waals surface area contributed by atoms with Crippen LogP contribution in [0.5, 0.6) is 5.75 Å². The molecule has 0 bridgehead atoms. The Morgan fingerprint density at radius 2 is 1.89 bits per heavy atom. The number of hydrogen-bond acceptors (Lipinski definition) is 5. The van der Waals surface area contributed by atoms with Crippen molar-refractivity contribution < 1.29 is 23.9 Å². The lowest BCUT2D eigenvalue weighted by atomic mass is 10.2. The van der Waals surface area contributed by atoms with Gasteiger partial charge >= 0.3 is 5.97 Å². The summed E-state index contributed by atoms with van der Waals surface area (Å²) in [4.78, 5) is 37.6. The number of nitrogens with one attached hydrogen (secondary N) is 1. The summed E-state index contributed by atoms with van der Waals surface area (Å²) in [6.07, 6.45) is -0.907. The fourth-order valence-electron chi connectivity index (χ4n) is 2.55. The van der Waals surface area contributed by atoms with E-state index in [2.05, 4.69) is 5.32 Å². The molecular formula is C19H17ClN2O5. The molecule has 1 N–H and O–H groups in total. The average molecular weight is 389 g/mol. The standard InChI is InChI=1S/C19H17ClN2O5/c1-12(27-14-8-6-13(20)7-9-14)19(25)26-11-18(24)22-10-17(23)21-15-4-2-3-5-16(15)22/h2-9,12H,10-11H2,1H3,(H,21,23)/t12-/m0/s1. The van der Waals surface area contributed by atoms with Crippen LogP contribution in [0.2, 0.25) is 5.02 Å². The van der Waals surface area contributed by atoms with Crippen LogP contribution in [0.3, 0.4) is 0 Å². The highest BCUT2D eigenvalue weighted by Crippen LogP contribution is 2.28. The smallest absolute Gasteiger partial charge is 0.347 e. The van der Waals surface area contributed by atoms with E-state index in [0.717, 1.165) is 0 Å². The molecule has 0 aliphatic carbocycles. The number of para-hydroxylation sites is 2. The number of ether oxygens (including phenoxy) is 2. The van der Waals surface area contributed by atoms with Gasteiger partial charge in [-0.1, -0.05) is 23.7 Å². The van der Waals surface area contributed by atoms with Crippen molar-refractivity contribution in [1.29, 1.82) is 0 Å². The first-order valence-corrected chi connectivity index (χ1v) is 8.60. The van der Waals surface area contributed by atoms with Crippen LogP contribution in [0, 0.1) is 0 Å². The third-order valence-electron chi connectivity index (χ3n) is 3.87. The first kappa shape index (κ1) is 18.7. The monoisotopic (exact) mass is 388 g/mol. The third-order valence-corrected chi connectivity index (χ3v) is 4.12. The summed E-state index contributed by atoms with van der Waals surface area (Å²) in [5, 5.41) is 3.24. The molecule has 1 atom stereocenters. The number of amides is 2. The molecule has 0 spiro atoms. The molecule has 1 aliphatic rings. The van der Waals surface area contributed by atoms with Gasteiger partial charge < -0.3 is 14.8 Å². The molecule has 0 radical (unpaired) electrons. The number of anilines is 2. The SMILES string of the molecule is C[C@H](Oc1ccc(Cl)cc1)C(=O)OCC(=O)N1CC(=O)Nc2ccccc21. The predicted octanol–water partition coefficient (Wildman–Crippen LogP) is 2.64. The summed E-state index contributed by atoms with van der Waals surface area (Å²) in [6, 6.07) is 13.4. The number of fused-ring (bicyclic) bond motifs is 1. The normalized spacial score (nSPS) is 14.0. The number of rotatable bonds is 5. The number of benzene rings is 2. The van der Waals surface area contributed by atoms with Crippen molar-refractivity contribution in [2.45, 2.75) is 13.0 Å². The van der Waals surface area contributed by atoms with E-state index >= 15 is 0 Å². The van der Waals surface area contributed by atoms with Crippen LogP contribution in [0.4, 0.5) is 11.4 Å². The van der Waals surface area contributed by atoms with E-state index in [1.807, 2.05) is 0 Å². The van der Waals surface area contributed by atoms with Gasteiger partial charge in [-0.05, 0) is 43.3 Å². The molecule has 1 aliphatic heterocycles. The van der Waals surface area contributed by atoms with E-state index in [-0.39, 0.29) is 12.5 Å². The molecule has 1 heterocycles. The average Bonchev–Trinajstić information content (AvgIpc) is 2.66. The van der Waals surface area contributed by atoms with Crippen LogP contribution < -0.4 is 15.0 Å². The molecule has 2 amide bonds. The Bertz CT molecular complexity index is 869. The Kier molecular flexibility index (Phi) is 5.61. The summed E-state index contributed by atoms with van der Waals surface area (Å²) < 4.78 is 10.5. The molecule has 7 nitrogen and oxygen atoms in total. The van der Waals surface area contributed by atoms with Crippen molar-refractivity contribution in [3.8, 4) is 5.75 Å². The number of carbonyl (C=O) groups is 3. The lowest BCUT2D eigenvalue weighted by Gasteiger charge is -2.29. The second kappa shape index (κ2) is 8.09. The molecule has 8 heteroatoms. The van der Waals surface area contributed by atoms with Crippen molar-refractivity contribution in [1.82, 2.24) is 0 Å². The zero-order valence-electron chi connectivity index (χ0n) is 14.5. The van der Waals surface area contributed by atoms with Gasteiger partial charge in [-0.3, -0.25) is 14.5 Å². The molecule has 2 aromatic carbocycles. The minimum Gasteiger partial charge on any atom is -0.479 e. The van der Waals surface area contributed by atoms with Gasteiger partial charge in [0.05, 0.1) is 11.4 Å². The van der Waals surface area contributed by atoms with Crippen LogP contribution >= 0.6 is 11.6 Å². The molecule has 0 saturated heterocycles. The summed E-state index contributed by atoms with van der Waals surface area (Å²) in [6.45, 7) is 0.893. The van der Waals surface area contributed by atoms with Crippen LogP contribution in [0.1, 0.15) is 6.92 Å². The predicted molar refractivity (Wildman–Crippen MR) is 99.9 cm³/mol. The van der Waals surface area contributed by atoms with E-state index in [1.54, 1.807) is 48.5 Å². The molecule has 27 heavy (non-hydrogen) atoms. The number of halogens is 1. The maximum Gasteiger partial charge on any atom is 0.347 e. The highest BCUT2D eigenvalue weighted by molar-refractivity contribution is 6.30. The third kappa shape index (κ3) is 4.57. The topological polar surface area (TPSA) is 84.9 Å². The van der Waals surface area contributed by atoms with E-state index in [9.17, 15) is 14.4 Å². The Labute approximate surface area is 160 Å². The Morgan fingerprint density at radius 1 is 1.19 bits per heavy atom. The molecule has 3 rings (SSSR count). The van der Waals surface area contributed by atoms with E-state index in [1.165, 1.54) is 11.8 Å². The second-order valence-electron chi connectivity index (χ2n) is 5.87. The number of nitrogens with zero attached hydrogens (tertiary/aromatic N) is 1. The molecule has 140 valence electrons. The molecule has 0 aromatic heterocycles. The van der Waals surface area contributed by atoms with Gasteiger partial charge in [-0.25, -0.2) is 4.79 Å². The molecule has 2 aromatic rings. The molecule has 0 saturated carbocycles. The van der Waals surface area contributed by atoms with Crippen LogP contribution in [0.25, 0.3) is 0 Å². The summed E-state index contributed by atoms with van der Waals surface area (Å²) in [7, 11) is 0. The summed E-state index contributed by atoms with van der Waals surface area (Å²) in [5.41, 5.74) is 1.09. The zero-order valence-corrected chi connectivity index (χ0v) is 15.2. The number of esters is 1. The Balaban J connectivity index is 1.58. The van der Waals surface area contributed by atoms with Crippen molar-refractivity contribution in [2.24, 2.45) is 0 Å². The van der Waals surface area contributed by atoms with Crippen LogP contribution in [-0.4, -0.2) is 37.0 Å². The summed E-state index contributed by atoms with van der Waals surface area (Å²) in [5.74, 6) is -1.04. The Morgan fingerprint density at radius 3 is 2.63 bits per heavy atom. The van der Waals surface area contributed by atoms with E-state index in [4.69, 9.17) is 21.1 Å². The van der Waals surface area contributed by atoms with Gasteiger partial charge in [0.25, 0.3) is 5.91 Å². The zero-order chi connectivity index (χ0) is 19.4. The van der Waals surface area contributed by atoms with Crippen molar-refractivity contribution in [3.05, 3.63) is 53.6 Å². The van der Waals surface area contributed by atoms with Crippen molar-refractivity contribution in [3.63, 3.8) is 0 Å². The molecular weight excluding hydrogens is 372 g/mol. The largest absolute Gasteiger partial charge is 0.479 e. The maximum atomic E-state index is 12.4. The first-order valence-electron chi connectivity index (χ1n) is 8.22. The van der Waals surface area contributed by atoms with E-state index in [0.29, 0.717) is 22.1 Å². The maximum absolute atomic E-state index is 12.4. The summed E-state index contributed by atoms with van der Waals surface area (Å²) >= 11 is 5.80. The van der Waals surface area contributed by atoms with Gasteiger partial charge in [0, 0.05) is 5.02 Å². The fourth-order valence-corrected chi connectivity index (χ4v) is 2.68. The molecule has 0 fully saturated rings. The lowest BCUT2D eigenvalue weighted by molar-refractivity contribution is -0.154. The van der Waals surface area contributed by atoms with Gasteiger partial charge in [-0.2, -0.15) is 0 Å². The highest BCUT2D eigenvalue weighted by atomic mass is 35.5. The first-order chi connectivity index (χ1) is 12.9. The molecule has 0 unspecified atom stereocenters. The van der Waals surface area contributed by atoms with Crippen molar-refractivity contribution >= 4 is 40.8 Å². The second-order valence-corrected chi connectivity index (χ2v) is 6.30. The lowest BCUT2D eigenvalue weighted by Crippen LogP contribution is -2.44. The minimum atomic E-state index is -0.907. The van der Waals surface area contributed by atoms with E-state index < -0.39 is 24.6 Å². The fraction of sp³-hybridized carbons (Fsp3) is 0.211.